The Morgan fingerprint density at radius 3 is 2.58 bits per heavy atom. The third kappa shape index (κ3) is 4.28. The third-order valence-corrected chi connectivity index (χ3v) is 4.56. The molecule has 0 aliphatic carbocycles. The van der Waals surface area contributed by atoms with Crippen molar-refractivity contribution in [1.29, 1.82) is 0 Å². The molecule has 138 valence electrons. The number of nitrogens with zero attached hydrogens (tertiary/aromatic N) is 3. The average molecular weight is 356 g/mol. The van der Waals surface area contributed by atoms with E-state index in [1.165, 1.54) is 0 Å². The highest BCUT2D eigenvalue weighted by molar-refractivity contribution is 5.91. The normalized spacial score (nSPS) is 13.9. The van der Waals surface area contributed by atoms with Crippen LogP contribution in [-0.4, -0.2) is 31.7 Å². The lowest BCUT2D eigenvalue weighted by atomic mass is 9.85. The Morgan fingerprint density at radius 1 is 1.15 bits per heavy atom. The van der Waals surface area contributed by atoms with E-state index in [1.807, 2.05) is 24.3 Å². The predicted molar refractivity (Wildman–Crippen MR) is 97.7 cm³/mol. The van der Waals surface area contributed by atoms with E-state index < -0.39 is 11.4 Å². The first-order chi connectivity index (χ1) is 12.3. The van der Waals surface area contributed by atoms with E-state index in [1.54, 1.807) is 13.8 Å². The number of carboxylic acids is 1. The number of anilines is 1. The number of carboxylic acid groups (broad SMARTS) is 1. The number of rotatable bonds is 6. The smallest absolute Gasteiger partial charge is 0.303 e. The van der Waals surface area contributed by atoms with E-state index in [-0.39, 0.29) is 18.7 Å². The molecule has 1 aliphatic rings. The molecule has 0 bridgehead atoms. The van der Waals surface area contributed by atoms with Crippen LogP contribution >= 0.6 is 0 Å². The summed E-state index contributed by atoms with van der Waals surface area (Å²) < 4.78 is 2.16. The minimum Gasteiger partial charge on any atom is -0.481 e. The van der Waals surface area contributed by atoms with Crippen LogP contribution in [0.15, 0.2) is 24.3 Å². The summed E-state index contributed by atoms with van der Waals surface area (Å²) in [7, 11) is 0. The fourth-order valence-corrected chi connectivity index (χ4v) is 3.34. The first-order valence-electron chi connectivity index (χ1n) is 8.88. The van der Waals surface area contributed by atoms with Gasteiger partial charge in [0.15, 0.2) is 5.82 Å². The predicted octanol–water partition coefficient (Wildman–Crippen LogP) is 3.11. The Hall–Kier alpha value is -2.70. The molecule has 0 saturated heterocycles. The minimum atomic E-state index is -0.899. The zero-order valence-corrected chi connectivity index (χ0v) is 15.2. The van der Waals surface area contributed by atoms with Crippen molar-refractivity contribution in [3.05, 3.63) is 30.1 Å². The van der Waals surface area contributed by atoms with Gasteiger partial charge in [0.05, 0.1) is 6.42 Å². The molecule has 0 saturated carbocycles. The first kappa shape index (κ1) is 18.1. The third-order valence-electron chi connectivity index (χ3n) is 4.56. The maximum atomic E-state index is 12.2. The monoisotopic (exact) mass is 356 g/mol. The van der Waals surface area contributed by atoms with Gasteiger partial charge in [-0.1, -0.05) is 13.8 Å². The Labute approximate surface area is 152 Å². The van der Waals surface area contributed by atoms with Crippen LogP contribution < -0.4 is 5.32 Å². The van der Waals surface area contributed by atoms with Crippen LogP contribution in [0.2, 0.25) is 0 Å². The highest BCUT2D eigenvalue weighted by atomic mass is 16.4. The molecule has 0 radical (unpaired) electrons. The molecule has 26 heavy (non-hydrogen) atoms. The molecule has 1 aromatic carbocycles. The van der Waals surface area contributed by atoms with E-state index in [2.05, 4.69) is 20.1 Å². The van der Waals surface area contributed by atoms with Gasteiger partial charge in [0, 0.05) is 30.6 Å². The SMILES string of the molecule is CC(C)(CC(=O)O)CC(=O)Nc1ccc(-c2nnc3n2CCCC3)cc1. The van der Waals surface area contributed by atoms with Gasteiger partial charge in [-0.25, -0.2) is 0 Å². The molecule has 7 heteroatoms. The number of hydrogen-bond donors (Lipinski definition) is 2. The number of fused-ring (bicyclic) bond motifs is 1. The van der Waals surface area contributed by atoms with Gasteiger partial charge in [-0.3, -0.25) is 9.59 Å². The van der Waals surface area contributed by atoms with E-state index in [4.69, 9.17) is 5.11 Å². The Bertz CT molecular complexity index is 809. The molecule has 0 spiro atoms. The van der Waals surface area contributed by atoms with Crippen molar-refractivity contribution >= 4 is 17.6 Å². The molecule has 1 aliphatic heterocycles. The molecule has 1 aromatic heterocycles. The van der Waals surface area contributed by atoms with E-state index in [9.17, 15) is 9.59 Å². The Kier molecular flexibility index (Phi) is 5.06. The van der Waals surface area contributed by atoms with Crippen molar-refractivity contribution in [2.24, 2.45) is 5.41 Å². The van der Waals surface area contributed by atoms with E-state index in [0.717, 1.165) is 43.0 Å². The van der Waals surface area contributed by atoms with Crippen molar-refractivity contribution < 1.29 is 14.7 Å². The number of carbonyl (C=O) groups excluding carboxylic acids is 1. The van der Waals surface area contributed by atoms with Crippen LogP contribution in [0.25, 0.3) is 11.4 Å². The lowest BCUT2D eigenvalue weighted by Crippen LogP contribution is -2.24. The maximum absolute atomic E-state index is 12.2. The van der Waals surface area contributed by atoms with Gasteiger partial charge in [0.25, 0.3) is 0 Å². The van der Waals surface area contributed by atoms with Crippen molar-refractivity contribution in [3.8, 4) is 11.4 Å². The summed E-state index contributed by atoms with van der Waals surface area (Å²) >= 11 is 0. The largest absolute Gasteiger partial charge is 0.481 e. The fraction of sp³-hybridized carbons (Fsp3) is 0.474. The number of nitrogens with one attached hydrogen (secondary N) is 1. The Balaban J connectivity index is 1.66. The van der Waals surface area contributed by atoms with E-state index >= 15 is 0 Å². The van der Waals surface area contributed by atoms with Crippen molar-refractivity contribution in [2.45, 2.75) is 52.5 Å². The molecule has 2 aromatic rings. The molecule has 3 rings (SSSR count). The van der Waals surface area contributed by atoms with Crippen LogP contribution in [0.3, 0.4) is 0 Å². The van der Waals surface area contributed by atoms with Crippen molar-refractivity contribution in [1.82, 2.24) is 14.8 Å². The van der Waals surface area contributed by atoms with Gasteiger partial charge in [-0.2, -0.15) is 0 Å². The fourth-order valence-electron chi connectivity index (χ4n) is 3.34. The zero-order valence-electron chi connectivity index (χ0n) is 15.2. The highest BCUT2D eigenvalue weighted by Gasteiger charge is 2.25. The summed E-state index contributed by atoms with van der Waals surface area (Å²) in [5.74, 6) is 0.803. The van der Waals surface area contributed by atoms with Crippen LogP contribution in [0.4, 0.5) is 5.69 Å². The molecule has 0 fully saturated rings. The summed E-state index contributed by atoms with van der Waals surface area (Å²) in [5, 5.41) is 20.3. The molecule has 2 N–H and O–H groups in total. The van der Waals surface area contributed by atoms with Crippen LogP contribution in [-0.2, 0) is 22.6 Å². The molecular weight excluding hydrogens is 332 g/mol. The van der Waals surface area contributed by atoms with Crippen LogP contribution in [0.5, 0.6) is 0 Å². The number of hydrogen-bond acceptors (Lipinski definition) is 4. The van der Waals surface area contributed by atoms with Gasteiger partial charge in [-0.05, 0) is 42.5 Å². The lowest BCUT2D eigenvalue weighted by Gasteiger charge is -2.21. The van der Waals surface area contributed by atoms with Crippen LogP contribution in [0, 0.1) is 5.41 Å². The number of benzene rings is 1. The summed E-state index contributed by atoms with van der Waals surface area (Å²) in [4.78, 5) is 23.0. The second kappa shape index (κ2) is 7.27. The van der Waals surface area contributed by atoms with Crippen LogP contribution in [0.1, 0.15) is 45.4 Å². The van der Waals surface area contributed by atoms with E-state index in [0.29, 0.717) is 5.69 Å². The molecule has 1 amide bonds. The Morgan fingerprint density at radius 2 is 1.88 bits per heavy atom. The number of aliphatic carboxylic acids is 1. The number of carbonyl (C=O) groups is 2. The van der Waals surface area contributed by atoms with Crippen molar-refractivity contribution in [2.75, 3.05) is 5.32 Å². The summed E-state index contributed by atoms with van der Waals surface area (Å²) in [6.45, 7) is 4.49. The number of aromatic nitrogens is 3. The lowest BCUT2D eigenvalue weighted by molar-refractivity contribution is -0.139. The van der Waals surface area contributed by atoms with Gasteiger partial charge in [0.1, 0.15) is 5.82 Å². The second-order valence-electron chi connectivity index (χ2n) is 7.59. The van der Waals surface area contributed by atoms with Crippen molar-refractivity contribution in [3.63, 3.8) is 0 Å². The molecular formula is C19H24N4O3. The minimum absolute atomic E-state index is 0.0443. The number of aryl methyl sites for hydroxylation is 1. The average Bonchev–Trinajstić information content (AvgIpc) is 2.97. The van der Waals surface area contributed by atoms with Gasteiger partial charge in [-0.15, -0.1) is 10.2 Å². The summed E-state index contributed by atoms with van der Waals surface area (Å²) in [6.07, 6.45) is 3.36. The standard InChI is InChI=1S/C19H24N4O3/c1-19(2,12-17(25)26)11-16(24)20-14-8-6-13(7-9-14)18-22-21-15-5-3-4-10-23(15)18/h6-9H,3-5,10-12H2,1-2H3,(H,20,24)(H,25,26). The van der Waals surface area contributed by atoms with Gasteiger partial charge < -0.3 is 15.0 Å². The molecule has 0 atom stereocenters. The number of amides is 1. The second-order valence-corrected chi connectivity index (χ2v) is 7.59. The van der Waals surface area contributed by atoms with Gasteiger partial charge in [0.2, 0.25) is 5.91 Å². The summed E-state index contributed by atoms with van der Waals surface area (Å²) in [6, 6.07) is 7.51. The maximum Gasteiger partial charge on any atom is 0.303 e. The van der Waals surface area contributed by atoms with Gasteiger partial charge >= 0.3 is 5.97 Å². The molecule has 0 unspecified atom stereocenters. The molecule has 7 nitrogen and oxygen atoms in total. The quantitative estimate of drug-likeness (QED) is 0.829. The summed E-state index contributed by atoms with van der Waals surface area (Å²) in [5.41, 5.74) is 1.06. The zero-order chi connectivity index (χ0) is 18.7. The highest BCUT2D eigenvalue weighted by Crippen LogP contribution is 2.27. The first-order valence-corrected chi connectivity index (χ1v) is 8.88. The molecule has 2 heterocycles. The topological polar surface area (TPSA) is 97.1 Å².